The molecule has 0 atom stereocenters. The van der Waals surface area contributed by atoms with Crippen molar-refractivity contribution in [1.82, 2.24) is 4.90 Å². The fourth-order valence-electron chi connectivity index (χ4n) is 2.87. The normalized spacial score (nSPS) is 14.7. The number of carbonyl (C=O) groups is 1. The summed E-state index contributed by atoms with van der Waals surface area (Å²) in [4.78, 5) is 13.7. The number of anilines is 1. The predicted molar refractivity (Wildman–Crippen MR) is 84.9 cm³/mol. The van der Waals surface area contributed by atoms with Crippen molar-refractivity contribution in [3.05, 3.63) is 29.3 Å². The van der Waals surface area contributed by atoms with Crippen molar-refractivity contribution >= 4 is 11.7 Å². The molecular formula is C17H26N2O2. The number of esters is 1. The number of hydrogen-bond donors (Lipinski definition) is 1. The van der Waals surface area contributed by atoms with Gasteiger partial charge in [0.05, 0.1) is 6.61 Å². The van der Waals surface area contributed by atoms with E-state index in [2.05, 4.69) is 11.0 Å². The SMILES string of the molecule is CCOC(=O)CCCCCN1CCc2cccc(N)c2C1. The number of rotatable bonds is 7. The van der Waals surface area contributed by atoms with Crippen LogP contribution in [0.15, 0.2) is 18.2 Å². The molecule has 0 bridgehead atoms. The Hall–Kier alpha value is -1.55. The van der Waals surface area contributed by atoms with Crippen LogP contribution in [0.5, 0.6) is 0 Å². The molecule has 0 amide bonds. The van der Waals surface area contributed by atoms with Crippen molar-refractivity contribution in [1.29, 1.82) is 0 Å². The summed E-state index contributed by atoms with van der Waals surface area (Å²) < 4.78 is 4.93. The molecule has 0 radical (unpaired) electrons. The number of nitrogen functional groups attached to an aromatic ring is 1. The van der Waals surface area contributed by atoms with Crippen molar-refractivity contribution in [2.75, 3.05) is 25.4 Å². The third-order valence-electron chi connectivity index (χ3n) is 4.05. The van der Waals surface area contributed by atoms with Crippen molar-refractivity contribution in [3.8, 4) is 0 Å². The van der Waals surface area contributed by atoms with E-state index in [1.165, 1.54) is 11.1 Å². The fraction of sp³-hybridized carbons (Fsp3) is 0.588. The van der Waals surface area contributed by atoms with E-state index in [1.54, 1.807) is 0 Å². The van der Waals surface area contributed by atoms with Gasteiger partial charge in [0.25, 0.3) is 0 Å². The Balaban J connectivity index is 1.67. The predicted octanol–water partition coefficient (Wildman–Crippen LogP) is 2.75. The summed E-state index contributed by atoms with van der Waals surface area (Å²) in [5, 5.41) is 0. The van der Waals surface area contributed by atoms with E-state index >= 15 is 0 Å². The number of benzene rings is 1. The number of ether oxygens (including phenoxy) is 1. The molecule has 1 aliphatic rings. The highest BCUT2D eigenvalue weighted by Gasteiger charge is 2.17. The monoisotopic (exact) mass is 290 g/mol. The molecule has 4 nitrogen and oxygen atoms in total. The number of fused-ring (bicyclic) bond motifs is 1. The van der Waals surface area contributed by atoms with Gasteiger partial charge in [-0.2, -0.15) is 0 Å². The zero-order chi connectivity index (χ0) is 15.1. The first-order chi connectivity index (χ1) is 10.2. The first-order valence-electron chi connectivity index (χ1n) is 7.95. The van der Waals surface area contributed by atoms with E-state index < -0.39 is 0 Å². The quantitative estimate of drug-likeness (QED) is 0.476. The molecule has 0 aromatic heterocycles. The minimum Gasteiger partial charge on any atom is -0.466 e. The minimum atomic E-state index is -0.0721. The van der Waals surface area contributed by atoms with Crippen LogP contribution in [-0.4, -0.2) is 30.6 Å². The Bertz CT molecular complexity index is 474. The summed E-state index contributed by atoms with van der Waals surface area (Å²) in [5.41, 5.74) is 9.68. The highest BCUT2D eigenvalue weighted by molar-refractivity contribution is 5.69. The molecule has 4 heteroatoms. The molecule has 1 aromatic carbocycles. The van der Waals surface area contributed by atoms with Gasteiger partial charge in [0.2, 0.25) is 0 Å². The molecule has 0 fully saturated rings. The van der Waals surface area contributed by atoms with Crippen LogP contribution in [0, 0.1) is 0 Å². The zero-order valence-electron chi connectivity index (χ0n) is 12.9. The number of unbranched alkanes of at least 4 members (excludes halogenated alkanes) is 2. The zero-order valence-corrected chi connectivity index (χ0v) is 12.9. The largest absolute Gasteiger partial charge is 0.466 e. The fourth-order valence-corrected chi connectivity index (χ4v) is 2.87. The Kier molecular flexibility index (Phi) is 6.05. The molecule has 21 heavy (non-hydrogen) atoms. The lowest BCUT2D eigenvalue weighted by Crippen LogP contribution is -2.31. The maximum Gasteiger partial charge on any atom is 0.305 e. The van der Waals surface area contributed by atoms with Crippen LogP contribution in [0.4, 0.5) is 5.69 Å². The lowest BCUT2D eigenvalue weighted by atomic mass is 9.98. The van der Waals surface area contributed by atoms with Gasteiger partial charge < -0.3 is 10.5 Å². The molecule has 1 aliphatic heterocycles. The summed E-state index contributed by atoms with van der Waals surface area (Å²) in [7, 11) is 0. The van der Waals surface area contributed by atoms with E-state index in [4.69, 9.17) is 10.5 Å². The lowest BCUT2D eigenvalue weighted by molar-refractivity contribution is -0.143. The number of nitrogens with zero attached hydrogens (tertiary/aromatic N) is 1. The Labute approximate surface area is 127 Å². The van der Waals surface area contributed by atoms with Gasteiger partial charge in [-0.3, -0.25) is 9.69 Å². The average Bonchev–Trinajstić information content (AvgIpc) is 2.48. The number of nitrogens with two attached hydrogens (primary N) is 1. The minimum absolute atomic E-state index is 0.0721. The van der Waals surface area contributed by atoms with Gasteiger partial charge in [-0.05, 0) is 49.9 Å². The van der Waals surface area contributed by atoms with Gasteiger partial charge in [-0.1, -0.05) is 18.6 Å². The highest BCUT2D eigenvalue weighted by atomic mass is 16.5. The van der Waals surface area contributed by atoms with Crippen LogP contribution >= 0.6 is 0 Å². The molecule has 116 valence electrons. The second-order valence-corrected chi connectivity index (χ2v) is 5.63. The van der Waals surface area contributed by atoms with Crippen LogP contribution in [0.25, 0.3) is 0 Å². The van der Waals surface area contributed by atoms with E-state index in [0.29, 0.717) is 13.0 Å². The molecule has 0 saturated carbocycles. The summed E-state index contributed by atoms with van der Waals surface area (Å²) in [6.07, 6.45) is 4.76. The standard InChI is InChI=1S/C17H26N2O2/c1-2-21-17(20)9-4-3-5-11-19-12-10-14-7-6-8-16(18)15(14)13-19/h6-8H,2-5,9-13,18H2,1H3. The van der Waals surface area contributed by atoms with Gasteiger partial charge in [0, 0.05) is 25.2 Å². The number of carbonyl (C=O) groups excluding carboxylic acids is 1. The second-order valence-electron chi connectivity index (χ2n) is 5.63. The van der Waals surface area contributed by atoms with Crippen molar-refractivity contribution in [3.63, 3.8) is 0 Å². The van der Waals surface area contributed by atoms with Crippen LogP contribution in [-0.2, 0) is 22.5 Å². The van der Waals surface area contributed by atoms with E-state index in [1.807, 2.05) is 19.1 Å². The molecule has 2 N–H and O–H groups in total. The van der Waals surface area contributed by atoms with E-state index in [0.717, 1.165) is 51.0 Å². The van der Waals surface area contributed by atoms with Gasteiger partial charge in [-0.25, -0.2) is 0 Å². The molecule has 2 rings (SSSR count). The van der Waals surface area contributed by atoms with Crippen LogP contribution < -0.4 is 5.73 Å². The molecule has 0 spiro atoms. The van der Waals surface area contributed by atoms with Crippen LogP contribution in [0.2, 0.25) is 0 Å². The van der Waals surface area contributed by atoms with Gasteiger partial charge in [0.1, 0.15) is 0 Å². The Morgan fingerprint density at radius 1 is 1.33 bits per heavy atom. The maximum atomic E-state index is 11.2. The van der Waals surface area contributed by atoms with Crippen molar-refractivity contribution in [2.24, 2.45) is 0 Å². The third-order valence-corrected chi connectivity index (χ3v) is 4.05. The van der Waals surface area contributed by atoms with Crippen molar-refractivity contribution < 1.29 is 9.53 Å². The third kappa shape index (κ3) is 4.74. The maximum absolute atomic E-state index is 11.2. The Morgan fingerprint density at radius 2 is 2.19 bits per heavy atom. The summed E-state index contributed by atoms with van der Waals surface area (Å²) in [5.74, 6) is -0.0721. The molecule has 0 saturated heterocycles. The molecular weight excluding hydrogens is 264 g/mol. The molecule has 1 heterocycles. The first kappa shape index (κ1) is 15.8. The van der Waals surface area contributed by atoms with Gasteiger partial charge in [-0.15, -0.1) is 0 Å². The Morgan fingerprint density at radius 3 is 3.00 bits per heavy atom. The molecule has 1 aromatic rings. The van der Waals surface area contributed by atoms with Crippen molar-refractivity contribution in [2.45, 2.75) is 45.6 Å². The average molecular weight is 290 g/mol. The van der Waals surface area contributed by atoms with E-state index in [-0.39, 0.29) is 5.97 Å². The number of hydrogen-bond acceptors (Lipinski definition) is 4. The van der Waals surface area contributed by atoms with Gasteiger partial charge >= 0.3 is 5.97 Å². The summed E-state index contributed by atoms with van der Waals surface area (Å²) in [6, 6.07) is 6.21. The highest BCUT2D eigenvalue weighted by Crippen LogP contribution is 2.24. The molecule has 0 aliphatic carbocycles. The topological polar surface area (TPSA) is 55.6 Å². The second kappa shape index (κ2) is 8.03. The van der Waals surface area contributed by atoms with E-state index in [9.17, 15) is 4.79 Å². The summed E-state index contributed by atoms with van der Waals surface area (Å²) >= 11 is 0. The lowest BCUT2D eigenvalue weighted by Gasteiger charge is -2.29. The van der Waals surface area contributed by atoms with Crippen LogP contribution in [0.3, 0.4) is 0 Å². The summed E-state index contributed by atoms with van der Waals surface area (Å²) in [6.45, 7) is 5.47. The van der Waals surface area contributed by atoms with Gasteiger partial charge in [0.15, 0.2) is 0 Å². The first-order valence-corrected chi connectivity index (χ1v) is 7.95. The van der Waals surface area contributed by atoms with Crippen LogP contribution in [0.1, 0.15) is 43.7 Å². The smallest absolute Gasteiger partial charge is 0.305 e. The molecule has 0 unspecified atom stereocenters.